The molecule has 0 saturated carbocycles. The normalized spacial score (nSPS) is 20.6. The van der Waals surface area contributed by atoms with Crippen LogP contribution in [-0.2, 0) is 19.0 Å². The molecular formula is C9H18INO4. The van der Waals surface area contributed by atoms with Gasteiger partial charge in [-0.2, -0.15) is 0 Å². The maximum absolute atomic E-state index is 5.39. The Morgan fingerprint density at radius 3 is 2.40 bits per heavy atom. The van der Waals surface area contributed by atoms with Gasteiger partial charge in [-0.25, -0.2) is 0 Å². The van der Waals surface area contributed by atoms with Gasteiger partial charge in [-0.3, -0.25) is 4.84 Å². The third-order valence-corrected chi connectivity index (χ3v) is 2.28. The topological polar surface area (TPSA) is 40.2 Å². The minimum atomic E-state index is 0.260. The zero-order chi connectivity index (χ0) is 10.8. The summed E-state index contributed by atoms with van der Waals surface area (Å²) in [6, 6.07) is 0. The van der Waals surface area contributed by atoms with E-state index < -0.39 is 0 Å². The number of hydrogen-bond donors (Lipinski definition) is 0. The molecule has 1 aliphatic heterocycles. The van der Waals surface area contributed by atoms with Crippen molar-refractivity contribution >= 4 is 22.6 Å². The van der Waals surface area contributed by atoms with E-state index in [0.717, 1.165) is 30.5 Å². The van der Waals surface area contributed by atoms with Crippen molar-refractivity contribution in [3.8, 4) is 0 Å². The Hall–Kier alpha value is 0.530. The molecule has 0 spiro atoms. The standard InChI is InChI=1S/C9H18INO4/c10-3-6-14-9-15-11-7-12-4-1-2-5-13-8-11/h1-9H2. The highest BCUT2D eigenvalue weighted by molar-refractivity contribution is 14.1. The fourth-order valence-corrected chi connectivity index (χ4v) is 1.39. The van der Waals surface area contributed by atoms with Crippen molar-refractivity contribution in [3.05, 3.63) is 0 Å². The van der Waals surface area contributed by atoms with Gasteiger partial charge in [0.25, 0.3) is 0 Å². The number of alkyl halides is 1. The van der Waals surface area contributed by atoms with Crippen LogP contribution >= 0.6 is 22.6 Å². The first-order valence-electron chi connectivity index (χ1n) is 5.10. The van der Waals surface area contributed by atoms with Gasteiger partial charge in [0.05, 0.1) is 6.61 Å². The van der Waals surface area contributed by atoms with Crippen LogP contribution in [0.2, 0.25) is 0 Å². The molecule has 0 aromatic rings. The maximum Gasteiger partial charge on any atom is 0.167 e. The van der Waals surface area contributed by atoms with Crippen LogP contribution in [0.4, 0.5) is 0 Å². The first kappa shape index (κ1) is 13.6. The molecule has 6 heteroatoms. The maximum atomic E-state index is 5.39. The molecular weight excluding hydrogens is 313 g/mol. The largest absolute Gasteiger partial charge is 0.364 e. The third kappa shape index (κ3) is 7.42. The monoisotopic (exact) mass is 331 g/mol. The van der Waals surface area contributed by atoms with Gasteiger partial charge in [-0.15, -0.1) is 5.06 Å². The van der Waals surface area contributed by atoms with E-state index in [1.807, 2.05) is 0 Å². The van der Waals surface area contributed by atoms with E-state index in [1.165, 1.54) is 0 Å². The van der Waals surface area contributed by atoms with Crippen molar-refractivity contribution < 1.29 is 19.0 Å². The summed E-state index contributed by atoms with van der Waals surface area (Å²) >= 11 is 2.25. The van der Waals surface area contributed by atoms with Crippen molar-refractivity contribution in [2.75, 3.05) is 44.5 Å². The molecule has 0 atom stereocenters. The van der Waals surface area contributed by atoms with E-state index in [4.69, 9.17) is 19.0 Å². The van der Waals surface area contributed by atoms with Gasteiger partial charge in [0.2, 0.25) is 0 Å². The Morgan fingerprint density at radius 2 is 1.80 bits per heavy atom. The van der Waals surface area contributed by atoms with Crippen LogP contribution in [0.1, 0.15) is 12.8 Å². The Balaban J connectivity index is 2.07. The second kappa shape index (κ2) is 9.73. The van der Waals surface area contributed by atoms with Crippen LogP contribution in [-0.4, -0.2) is 49.6 Å². The number of hydrogen-bond acceptors (Lipinski definition) is 5. The predicted molar refractivity (Wildman–Crippen MR) is 63.5 cm³/mol. The average Bonchev–Trinajstić information content (AvgIpc) is 2.38. The highest BCUT2D eigenvalue weighted by Crippen LogP contribution is 2.00. The number of nitrogens with zero attached hydrogens (tertiary/aromatic N) is 1. The summed E-state index contributed by atoms with van der Waals surface area (Å²) in [5.74, 6) is 0. The molecule has 1 aliphatic rings. The van der Waals surface area contributed by atoms with Gasteiger partial charge in [0, 0.05) is 17.6 Å². The summed E-state index contributed by atoms with van der Waals surface area (Å²) in [7, 11) is 0. The molecule has 0 amide bonds. The Bertz CT molecular complexity index is 140. The molecule has 1 rings (SSSR count). The highest BCUT2D eigenvalue weighted by Gasteiger charge is 2.07. The molecule has 0 unspecified atom stereocenters. The van der Waals surface area contributed by atoms with Gasteiger partial charge < -0.3 is 14.2 Å². The lowest BCUT2D eigenvalue weighted by Gasteiger charge is -2.19. The van der Waals surface area contributed by atoms with Gasteiger partial charge in [-0.1, -0.05) is 22.6 Å². The quantitative estimate of drug-likeness (QED) is 0.329. The second-order valence-electron chi connectivity index (χ2n) is 3.11. The lowest BCUT2D eigenvalue weighted by molar-refractivity contribution is -0.282. The van der Waals surface area contributed by atoms with E-state index >= 15 is 0 Å². The minimum absolute atomic E-state index is 0.260. The summed E-state index contributed by atoms with van der Waals surface area (Å²) in [5, 5.41) is 1.64. The highest BCUT2D eigenvalue weighted by atomic mass is 127. The van der Waals surface area contributed by atoms with Crippen molar-refractivity contribution in [1.29, 1.82) is 0 Å². The Labute approximate surface area is 104 Å². The minimum Gasteiger partial charge on any atom is -0.364 e. The zero-order valence-corrected chi connectivity index (χ0v) is 11.0. The molecule has 1 fully saturated rings. The fraction of sp³-hybridized carbons (Fsp3) is 1.00. The summed E-state index contributed by atoms with van der Waals surface area (Å²) in [5.41, 5.74) is 0. The number of ether oxygens (including phenoxy) is 3. The van der Waals surface area contributed by atoms with Crippen LogP contribution in [0.3, 0.4) is 0 Å². The van der Waals surface area contributed by atoms with Crippen LogP contribution in [0.15, 0.2) is 0 Å². The summed E-state index contributed by atoms with van der Waals surface area (Å²) in [6.45, 7) is 3.36. The Morgan fingerprint density at radius 1 is 1.13 bits per heavy atom. The molecule has 5 nitrogen and oxygen atoms in total. The van der Waals surface area contributed by atoms with E-state index in [2.05, 4.69) is 22.6 Å². The first-order valence-corrected chi connectivity index (χ1v) is 6.63. The predicted octanol–water partition coefficient (Wildman–Crippen LogP) is 1.37. The van der Waals surface area contributed by atoms with E-state index in [-0.39, 0.29) is 6.79 Å². The number of halogens is 1. The average molecular weight is 331 g/mol. The molecule has 1 heterocycles. The van der Waals surface area contributed by atoms with Crippen molar-refractivity contribution in [2.24, 2.45) is 0 Å². The molecule has 0 N–H and O–H groups in total. The lowest BCUT2D eigenvalue weighted by atomic mass is 10.3. The van der Waals surface area contributed by atoms with Crippen LogP contribution in [0, 0.1) is 0 Å². The van der Waals surface area contributed by atoms with Crippen molar-refractivity contribution in [1.82, 2.24) is 5.06 Å². The van der Waals surface area contributed by atoms with E-state index in [0.29, 0.717) is 20.1 Å². The molecule has 0 bridgehead atoms. The number of hydroxylamine groups is 2. The first-order chi connectivity index (χ1) is 7.43. The molecule has 0 radical (unpaired) electrons. The van der Waals surface area contributed by atoms with Gasteiger partial charge in [0.15, 0.2) is 6.79 Å². The van der Waals surface area contributed by atoms with Crippen molar-refractivity contribution in [3.63, 3.8) is 0 Å². The summed E-state index contributed by atoms with van der Waals surface area (Å²) in [6.07, 6.45) is 2.08. The summed E-state index contributed by atoms with van der Waals surface area (Å²) in [4.78, 5) is 5.33. The molecule has 1 saturated heterocycles. The Kier molecular flexibility index (Phi) is 8.82. The second-order valence-corrected chi connectivity index (χ2v) is 4.19. The molecule has 90 valence electrons. The van der Waals surface area contributed by atoms with E-state index in [1.54, 1.807) is 5.06 Å². The third-order valence-electron chi connectivity index (χ3n) is 1.84. The molecule has 15 heavy (non-hydrogen) atoms. The van der Waals surface area contributed by atoms with Gasteiger partial charge >= 0.3 is 0 Å². The van der Waals surface area contributed by atoms with Crippen LogP contribution in [0.5, 0.6) is 0 Å². The van der Waals surface area contributed by atoms with Crippen LogP contribution in [0.25, 0.3) is 0 Å². The molecule has 0 aromatic heterocycles. The van der Waals surface area contributed by atoms with Gasteiger partial charge in [-0.05, 0) is 12.8 Å². The smallest absolute Gasteiger partial charge is 0.167 e. The summed E-state index contributed by atoms with van der Waals surface area (Å²) < 4.78 is 16.9. The fourth-order valence-electron chi connectivity index (χ4n) is 1.08. The van der Waals surface area contributed by atoms with Crippen molar-refractivity contribution in [2.45, 2.75) is 12.8 Å². The van der Waals surface area contributed by atoms with Crippen LogP contribution < -0.4 is 0 Å². The number of rotatable bonds is 5. The SMILES string of the molecule is ICCOCON1COCCCCOC1. The zero-order valence-electron chi connectivity index (χ0n) is 8.82. The molecule has 0 aromatic carbocycles. The lowest BCUT2D eigenvalue weighted by Crippen LogP contribution is -2.30. The molecule has 0 aliphatic carbocycles. The van der Waals surface area contributed by atoms with E-state index in [9.17, 15) is 0 Å². The van der Waals surface area contributed by atoms with Gasteiger partial charge in [0.1, 0.15) is 13.5 Å².